The highest BCUT2D eigenvalue weighted by Gasteiger charge is 2.33. The van der Waals surface area contributed by atoms with E-state index in [1.54, 1.807) is 18.3 Å². The molecule has 1 saturated carbocycles. The standard InChI is InChI=1S/C11H15BrN2OS/c1-7(13)11(15)14(9-2-3-9)5-8-4-10(12)16-6-8/h4,6-7,9H,2-3,5,13H2,1H3/t7-/m0/s1. The van der Waals surface area contributed by atoms with Crippen LogP contribution in [0.3, 0.4) is 0 Å². The van der Waals surface area contributed by atoms with E-state index < -0.39 is 6.04 Å². The van der Waals surface area contributed by atoms with Crippen LogP contribution in [0.15, 0.2) is 15.2 Å². The van der Waals surface area contributed by atoms with Gasteiger partial charge in [-0.05, 0) is 52.7 Å². The Balaban J connectivity index is 2.06. The third-order valence-electron chi connectivity index (χ3n) is 2.63. The molecule has 1 aromatic rings. The van der Waals surface area contributed by atoms with Crippen LogP contribution in [0.1, 0.15) is 25.3 Å². The summed E-state index contributed by atoms with van der Waals surface area (Å²) >= 11 is 5.08. The first kappa shape index (κ1) is 12.1. The van der Waals surface area contributed by atoms with Gasteiger partial charge in [0.25, 0.3) is 0 Å². The van der Waals surface area contributed by atoms with Crippen molar-refractivity contribution in [3.8, 4) is 0 Å². The van der Waals surface area contributed by atoms with Crippen LogP contribution in [0.4, 0.5) is 0 Å². The highest BCUT2D eigenvalue weighted by molar-refractivity contribution is 9.11. The normalized spacial score (nSPS) is 17.2. The summed E-state index contributed by atoms with van der Waals surface area (Å²) in [5.74, 6) is 0.0600. The van der Waals surface area contributed by atoms with Crippen molar-refractivity contribution in [2.75, 3.05) is 0 Å². The Bertz CT molecular complexity index is 387. The Kier molecular flexibility index (Phi) is 3.66. The van der Waals surface area contributed by atoms with E-state index in [2.05, 4.69) is 27.4 Å². The average molecular weight is 303 g/mol. The molecule has 1 heterocycles. The van der Waals surface area contributed by atoms with Crippen LogP contribution in [-0.4, -0.2) is 22.9 Å². The number of hydrogen-bond acceptors (Lipinski definition) is 3. The molecule has 0 aliphatic heterocycles. The molecular formula is C11H15BrN2OS. The minimum absolute atomic E-state index is 0.0600. The minimum Gasteiger partial charge on any atom is -0.334 e. The van der Waals surface area contributed by atoms with E-state index in [1.165, 1.54) is 5.56 Å². The molecule has 3 nitrogen and oxygen atoms in total. The summed E-state index contributed by atoms with van der Waals surface area (Å²) in [7, 11) is 0. The summed E-state index contributed by atoms with van der Waals surface area (Å²) in [5, 5.41) is 2.08. The zero-order chi connectivity index (χ0) is 11.7. The number of hydrogen-bond donors (Lipinski definition) is 1. The molecule has 2 N–H and O–H groups in total. The Hall–Kier alpha value is -0.390. The van der Waals surface area contributed by atoms with Crippen molar-refractivity contribution in [1.82, 2.24) is 4.90 Å². The number of nitrogens with two attached hydrogens (primary N) is 1. The van der Waals surface area contributed by atoms with Gasteiger partial charge in [-0.2, -0.15) is 0 Å². The molecule has 0 radical (unpaired) electrons. The maximum Gasteiger partial charge on any atom is 0.239 e. The lowest BCUT2D eigenvalue weighted by Crippen LogP contribution is -2.42. The van der Waals surface area contributed by atoms with Crippen LogP contribution in [0.2, 0.25) is 0 Å². The first-order valence-electron chi connectivity index (χ1n) is 5.37. The Morgan fingerprint density at radius 2 is 2.44 bits per heavy atom. The topological polar surface area (TPSA) is 46.3 Å². The molecule has 1 fully saturated rings. The smallest absolute Gasteiger partial charge is 0.239 e. The van der Waals surface area contributed by atoms with Crippen molar-refractivity contribution in [1.29, 1.82) is 0 Å². The van der Waals surface area contributed by atoms with Crippen molar-refractivity contribution < 1.29 is 4.79 Å². The third-order valence-corrected chi connectivity index (χ3v) is 4.19. The molecule has 1 aliphatic rings. The zero-order valence-electron chi connectivity index (χ0n) is 9.15. The lowest BCUT2D eigenvalue weighted by molar-refractivity contribution is -0.133. The van der Waals surface area contributed by atoms with E-state index in [4.69, 9.17) is 5.73 Å². The average Bonchev–Trinajstić information content (AvgIpc) is 2.98. The van der Waals surface area contributed by atoms with Gasteiger partial charge in [-0.15, -0.1) is 11.3 Å². The summed E-state index contributed by atoms with van der Waals surface area (Å²) < 4.78 is 1.10. The van der Waals surface area contributed by atoms with Crippen LogP contribution in [0, 0.1) is 0 Å². The molecule has 16 heavy (non-hydrogen) atoms. The molecule has 1 atom stereocenters. The summed E-state index contributed by atoms with van der Waals surface area (Å²) in [5.41, 5.74) is 6.84. The fourth-order valence-electron chi connectivity index (χ4n) is 1.66. The fourth-order valence-corrected chi connectivity index (χ4v) is 2.86. The predicted octanol–water partition coefficient (Wildman–Crippen LogP) is 2.35. The van der Waals surface area contributed by atoms with E-state index >= 15 is 0 Å². The van der Waals surface area contributed by atoms with E-state index in [-0.39, 0.29) is 5.91 Å². The molecule has 0 aromatic carbocycles. The monoisotopic (exact) mass is 302 g/mol. The van der Waals surface area contributed by atoms with E-state index in [9.17, 15) is 4.79 Å². The molecule has 2 rings (SSSR count). The Morgan fingerprint density at radius 3 is 2.88 bits per heavy atom. The summed E-state index contributed by atoms with van der Waals surface area (Å²) in [6, 6.07) is 2.08. The van der Waals surface area contributed by atoms with Gasteiger partial charge in [-0.1, -0.05) is 0 Å². The second-order valence-corrected chi connectivity index (χ2v) is 6.54. The SMILES string of the molecule is C[C@H](N)C(=O)N(Cc1csc(Br)c1)C1CC1. The van der Waals surface area contributed by atoms with Crippen LogP contribution in [0.25, 0.3) is 0 Å². The lowest BCUT2D eigenvalue weighted by atomic mass is 10.2. The number of amides is 1. The molecule has 1 aliphatic carbocycles. The van der Waals surface area contributed by atoms with Gasteiger partial charge < -0.3 is 10.6 Å². The number of rotatable bonds is 4. The number of thiophene rings is 1. The summed E-state index contributed by atoms with van der Waals surface area (Å²) in [6.07, 6.45) is 2.23. The van der Waals surface area contributed by atoms with Gasteiger partial charge in [0.15, 0.2) is 0 Å². The molecule has 0 unspecified atom stereocenters. The van der Waals surface area contributed by atoms with Gasteiger partial charge in [0.1, 0.15) is 0 Å². The van der Waals surface area contributed by atoms with Crippen molar-refractivity contribution >= 4 is 33.2 Å². The second-order valence-electron chi connectivity index (χ2n) is 4.25. The van der Waals surface area contributed by atoms with Crippen LogP contribution in [0.5, 0.6) is 0 Å². The van der Waals surface area contributed by atoms with E-state index in [1.807, 2.05) is 4.90 Å². The Labute approximate surface area is 108 Å². The number of halogens is 1. The van der Waals surface area contributed by atoms with Gasteiger partial charge in [0, 0.05) is 12.6 Å². The molecule has 0 bridgehead atoms. The second kappa shape index (κ2) is 4.85. The van der Waals surface area contributed by atoms with Crippen molar-refractivity contribution in [3.63, 3.8) is 0 Å². The molecule has 1 aromatic heterocycles. The number of nitrogens with zero attached hydrogens (tertiary/aromatic N) is 1. The van der Waals surface area contributed by atoms with Gasteiger partial charge in [0.05, 0.1) is 9.83 Å². The van der Waals surface area contributed by atoms with Crippen LogP contribution in [-0.2, 0) is 11.3 Å². The van der Waals surface area contributed by atoms with E-state index in [0.29, 0.717) is 12.6 Å². The van der Waals surface area contributed by atoms with Gasteiger partial charge in [-0.25, -0.2) is 0 Å². The van der Waals surface area contributed by atoms with Crippen molar-refractivity contribution in [2.24, 2.45) is 5.73 Å². The molecular weight excluding hydrogens is 288 g/mol. The molecule has 0 saturated heterocycles. The Morgan fingerprint density at radius 1 is 1.75 bits per heavy atom. The molecule has 5 heteroatoms. The van der Waals surface area contributed by atoms with Crippen molar-refractivity contribution in [3.05, 3.63) is 20.8 Å². The van der Waals surface area contributed by atoms with Crippen LogP contribution >= 0.6 is 27.3 Å². The largest absolute Gasteiger partial charge is 0.334 e. The predicted molar refractivity (Wildman–Crippen MR) is 69.2 cm³/mol. The van der Waals surface area contributed by atoms with Gasteiger partial charge in [-0.3, -0.25) is 4.79 Å². The summed E-state index contributed by atoms with van der Waals surface area (Å²) in [6.45, 7) is 2.44. The van der Waals surface area contributed by atoms with E-state index in [0.717, 1.165) is 16.6 Å². The van der Waals surface area contributed by atoms with Crippen molar-refractivity contribution in [2.45, 2.75) is 38.4 Å². The maximum atomic E-state index is 11.9. The quantitative estimate of drug-likeness (QED) is 0.928. The highest BCUT2D eigenvalue weighted by atomic mass is 79.9. The number of carbonyl (C=O) groups excluding carboxylic acids is 1. The fraction of sp³-hybridized carbons (Fsp3) is 0.545. The zero-order valence-corrected chi connectivity index (χ0v) is 11.6. The number of carbonyl (C=O) groups is 1. The highest BCUT2D eigenvalue weighted by Crippen LogP contribution is 2.30. The molecule has 0 spiro atoms. The maximum absolute atomic E-state index is 11.9. The molecule has 1 amide bonds. The van der Waals surface area contributed by atoms with Crippen LogP contribution < -0.4 is 5.73 Å². The first-order valence-corrected chi connectivity index (χ1v) is 7.04. The van der Waals surface area contributed by atoms with Gasteiger partial charge >= 0.3 is 0 Å². The first-order chi connectivity index (χ1) is 7.58. The minimum atomic E-state index is -0.400. The van der Waals surface area contributed by atoms with Gasteiger partial charge in [0.2, 0.25) is 5.91 Å². The summed E-state index contributed by atoms with van der Waals surface area (Å²) in [4.78, 5) is 13.8. The molecule has 88 valence electrons. The third kappa shape index (κ3) is 2.84. The lowest BCUT2D eigenvalue weighted by Gasteiger charge is -2.23.